The third-order valence-electron chi connectivity index (χ3n) is 3.59. The van der Waals surface area contributed by atoms with Gasteiger partial charge in [0.25, 0.3) is 0 Å². The molecule has 4 heteroatoms. The van der Waals surface area contributed by atoms with Gasteiger partial charge in [0, 0.05) is 19.3 Å². The van der Waals surface area contributed by atoms with E-state index in [4.69, 9.17) is 0 Å². The lowest BCUT2D eigenvalue weighted by atomic mass is 10.2. The average Bonchev–Trinajstić information content (AvgIpc) is 2.71. The summed E-state index contributed by atoms with van der Waals surface area (Å²) in [4.78, 5) is 2.37. The van der Waals surface area contributed by atoms with Gasteiger partial charge in [-0.2, -0.15) is 5.10 Å². The molecule has 1 aromatic carbocycles. The topological polar surface area (TPSA) is 21.1 Å². The molecule has 108 valence electrons. The largest absolute Gasteiger partial charge is 0.366 e. The minimum atomic E-state index is 0.865. The van der Waals surface area contributed by atoms with Gasteiger partial charge in [-0.15, -0.1) is 0 Å². The van der Waals surface area contributed by atoms with Gasteiger partial charge in [0.1, 0.15) is 0 Å². The fraction of sp³-hybridized carbons (Fsp3) is 0.438. The molecule has 20 heavy (non-hydrogen) atoms. The zero-order valence-electron chi connectivity index (χ0n) is 12.7. The predicted octanol–water partition coefficient (Wildman–Crippen LogP) is 4.08. The molecule has 0 atom stereocenters. The molecule has 0 fully saturated rings. The summed E-state index contributed by atoms with van der Waals surface area (Å²) in [5, 5.41) is 4.57. The van der Waals surface area contributed by atoms with Gasteiger partial charge in [-0.05, 0) is 53.9 Å². The van der Waals surface area contributed by atoms with Crippen molar-refractivity contribution in [1.29, 1.82) is 0 Å². The van der Waals surface area contributed by atoms with Crippen LogP contribution in [0.3, 0.4) is 0 Å². The molecule has 2 aromatic rings. The van der Waals surface area contributed by atoms with E-state index in [-0.39, 0.29) is 0 Å². The van der Waals surface area contributed by atoms with E-state index in [1.807, 2.05) is 11.7 Å². The Labute approximate surface area is 129 Å². The molecule has 0 saturated carbocycles. The monoisotopic (exact) mass is 335 g/mol. The summed E-state index contributed by atoms with van der Waals surface area (Å²) in [6.07, 6.45) is 0.949. The second-order valence-corrected chi connectivity index (χ2v) is 5.83. The number of halogens is 1. The summed E-state index contributed by atoms with van der Waals surface area (Å²) in [6.45, 7) is 8.29. The van der Waals surface area contributed by atoms with Gasteiger partial charge in [-0.1, -0.05) is 19.1 Å². The second-order valence-electron chi connectivity index (χ2n) is 5.04. The molecule has 0 N–H and O–H groups in total. The summed E-state index contributed by atoms with van der Waals surface area (Å²) in [6, 6.07) is 8.64. The molecule has 0 bridgehead atoms. The highest BCUT2D eigenvalue weighted by molar-refractivity contribution is 9.10. The van der Waals surface area contributed by atoms with Gasteiger partial charge in [-0.3, -0.25) is 4.68 Å². The number of nitrogens with zero attached hydrogens (tertiary/aromatic N) is 3. The second kappa shape index (κ2) is 6.44. The molecular weight excluding hydrogens is 314 g/mol. The van der Waals surface area contributed by atoms with E-state index in [9.17, 15) is 0 Å². The van der Waals surface area contributed by atoms with Crippen LogP contribution in [0.5, 0.6) is 0 Å². The Bertz CT molecular complexity index is 589. The van der Waals surface area contributed by atoms with Gasteiger partial charge < -0.3 is 4.90 Å². The van der Waals surface area contributed by atoms with E-state index in [0.29, 0.717) is 0 Å². The van der Waals surface area contributed by atoms with Crippen molar-refractivity contribution in [1.82, 2.24) is 9.78 Å². The first kappa shape index (κ1) is 15.1. The van der Waals surface area contributed by atoms with Crippen LogP contribution in [-0.4, -0.2) is 16.3 Å². The van der Waals surface area contributed by atoms with Crippen molar-refractivity contribution < 1.29 is 0 Å². The Morgan fingerprint density at radius 1 is 1.30 bits per heavy atom. The first-order valence-corrected chi connectivity index (χ1v) is 7.88. The maximum Gasteiger partial charge on any atom is 0.0767 e. The Balaban J connectivity index is 2.29. The van der Waals surface area contributed by atoms with Crippen LogP contribution in [0.25, 0.3) is 0 Å². The maximum absolute atomic E-state index is 4.57. The van der Waals surface area contributed by atoms with E-state index in [1.54, 1.807) is 0 Å². The van der Waals surface area contributed by atoms with Crippen molar-refractivity contribution in [2.24, 2.45) is 7.05 Å². The number of anilines is 1. The molecular formula is C16H22BrN3. The van der Waals surface area contributed by atoms with E-state index in [0.717, 1.165) is 29.7 Å². The molecule has 0 saturated heterocycles. The SMILES string of the molecule is CCc1nn(C)c(CN(CC)c2cccc(C)c2)c1Br. The molecule has 0 unspecified atom stereocenters. The number of aromatic nitrogens is 2. The van der Waals surface area contributed by atoms with Crippen molar-refractivity contribution in [3.05, 3.63) is 45.7 Å². The number of hydrogen-bond acceptors (Lipinski definition) is 2. The molecule has 1 heterocycles. The zero-order chi connectivity index (χ0) is 14.7. The lowest BCUT2D eigenvalue weighted by Crippen LogP contribution is -2.23. The van der Waals surface area contributed by atoms with E-state index in [2.05, 4.69) is 71.0 Å². The summed E-state index contributed by atoms with van der Waals surface area (Å²) < 4.78 is 3.13. The Hall–Kier alpha value is -1.29. The third kappa shape index (κ3) is 3.06. The Morgan fingerprint density at radius 3 is 2.60 bits per heavy atom. The number of benzene rings is 1. The van der Waals surface area contributed by atoms with Crippen molar-refractivity contribution in [3.63, 3.8) is 0 Å². The fourth-order valence-corrected chi connectivity index (χ4v) is 3.12. The molecule has 3 nitrogen and oxygen atoms in total. The van der Waals surface area contributed by atoms with Crippen molar-refractivity contribution >= 4 is 21.6 Å². The van der Waals surface area contributed by atoms with E-state index >= 15 is 0 Å². The lowest BCUT2D eigenvalue weighted by molar-refractivity contribution is 0.677. The molecule has 0 aliphatic heterocycles. The zero-order valence-corrected chi connectivity index (χ0v) is 14.2. The van der Waals surface area contributed by atoms with Crippen LogP contribution in [0, 0.1) is 6.92 Å². The molecule has 0 radical (unpaired) electrons. The number of hydrogen-bond donors (Lipinski definition) is 0. The van der Waals surface area contributed by atoms with Crippen LogP contribution in [-0.2, 0) is 20.0 Å². The minimum absolute atomic E-state index is 0.865. The smallest absolute Gasteiger partial charge is 0.0767 e. The first-order valence-electron chi connectivity index (χ1n) is 7.08. The number of aryl methyl sites for hydroxylation is 3. The van der Waals surface area contributed by atoms with Crippen molar-refractivity contribution in [2.75, 3.05) is 11.4 Å². The minimum Gasteiger partial charge on any atom is -0.366 e. The van der Waals surface area contributed by atoms with Crippen LogP contribution in [0.15, 0.2) is 28.7 Å². The van der Waals surface area contributed by atoms with Crippen LogP contribution in [0.4, 0.5) is 5.69 Å². The molecule has 0 aliphatic rings. The molecule has 0 spiro atoms. The Kier molecular flexibility index (Phi) is 4.86. The molecule has 0 amide bonds. The van der Waals surface area contributed by atoms with E-state index in [1.165, 1.54) is 16.9 Å². The Morgan fingerprint density at radius 2 is 2.05 bits per heavy atom. The molecule has 1 aromatic heterocycles. The third-order valence-corrected chi connectivity index (χ3v) is 4.51. The van der Waals surface area contributed by atoms with E-state index < -0.39 is 0 Å². The van der Waals surface area contributed by atoms with Crippen LogP contribution < -0.4 is 4.90 Å². The number of rotatable bonds is 5. The highest BCUT2D eigenvalue weighted by atomic mass is 79.9. The maximum atomic E-state index is 4.57. The standard InChI is InChI=1S/C16H22BrN3/c1-5-14-16(17)15(19(4)18-14)11-20(6-2)13-9-7-8-12(3)10-13/h7-10H,5-6,11H2,1-4H3. The summed E-state index contributed by atoms with van der Waals surface area (Å²) in [5.74, 6) is 0. The fourth-order valence-electron chi connectivity index (χ4n) is 2.38. The van der Waals surface area contributed by atoms with Gasteiger partial charge in [0.15, 0.2) is 0 Å². The highest BCUT2D eigenvalue weighted by Crippen LogP contribution is 2.25. The van der Waals surface area contributed by atoms with Crippen LogP contribution >= 0.6 is 15.9 Å². The van der Waals surface area contributed by atoms with Gasteiger partial charge >= 0.3 is 0 Å². The van der Waals surface area contributed by atoms with Crippen molar-refractivity contribution in [3.8, 4) is 0 Å². The lowest BCUT2D eigenvalue weighted by Gasteiger charge is -2.23. The normalized spacial score (nSPS) is 10.8. The van der Waals surface area contributed by atoms with Crippen molar-refractivity contribution in [2.45, 2.75) is 33.7 Å². The van der Waals surface area contributed by atoms with Crippen LogP contribution in [0.1, 0.15) is 30.8 Å². The highest BCUT2D eigenvalue weighted by Gasteiger charge is 2.15. The van der Waals surface area contributed by atoms with Gasteiger partial charge in [-0.25, -0.2) is 0 Å². The van der Waals surface area contributed by atoms with Gasteiger partial charge in [0.2, 0.25) is 0 Å². The summed E-state index contributed by atoms with van der Waals surface area (Å²) >= 11 is 3.70. The predicted molar refractivity (Wildman–Crippen MR) is 88.2 cm³/mol. The quantitative estimate of drug-likeness (QED) is 0.820. The average molecular weight is 336 g/mol. The molecule has 2 rings (SSSR count). The summed E-state index contributed by atoms with van der Waals surface area (Å²) in [5.41, 5.74) is 4.91. The first-order chi connectivity index (χ1) is 9.56. The van der Waals surface area contributed by atoms with Crippen LogP contribution in [0.2, 0.25) is 0 Å². The van der Waals surface area contributed by atoms with Gasteiger partial charge in [0.05, 0.1) is 22.4 Å². The molecule has 0 aliphatic carbocycles. The summed E-state index contributed by atoms with van der Waals surface area (Å²) in [7, 11) is 2.02.